The van der Waals surface area contributed by atoms with E-state index in [0.29, 0.717) is 0 Å². The van der Waals surface area contributed by atoms with Crippen molar-refractivity contribution in [2.45, 2.75) is 75.9 Å². The largest absolute Gasteiger partial charge is 0.102 e. The Morgan fingerprint density at radius 1 is 0.500 bits per heavy atom. The normalized spacial score (nSPS) is 11.6. The van der Waals surface area contributed by atoms with E-state index in [1.54, 1.807) is 0 Å². The second kappa shape index (κ2) is 16.4. The molecule has 0 aliphatic heterocycles. The van der Waals surface area contributed by atoms with Gasteiger partial charge < -0.3 is 0 Å². The van der Waals surface area contributed by atoms with E-state index in [1.165, 1.54) is 86.7 Å². The molecule has 0 aliphatic carbocycles. The van der Waals surface area contributed by atoms with Crippen LogP contribution in [0.3, 0.4) is 0 Å². The SMILES string of the molecule is CCCCCCCCCCCCSSSC(c1ccccc1)(c1ccccc1)c1ccccc1. The van der Waals surface area contributed by atoms with E-state index in [1.807, 2.05) is 31.4 Å². The Bertz CT molecular complexity index is 784. The van der Waals surface area contributed by atoms with Gasteiger partial charge in [-0.2, -0.15) is 0 Å². The van der Waals surface area contributed by atoms with E-state index in [-0.39, 0.29) is 4.75 Å². The van der Waals surface area contributed by atoms with Crippen LogP contribution in [0.15, 0.2) is 91.0 Å². The van der Waals surface area contributed by atoms with Gasteiger partial charge in [0.1, 0.15) is 4.75 Å². The molecule has 0 atom stereocenters. The van der Waals surface area contributed by atoms with Gasteiger partial charge >= 0.3 is 0 Å². The van der Waals surface area contributed by atoms with E-state index in [9.17, 15) is 0 Å². The molecule has 0 nitrogen and oxygen atoms in total. The molecule has 34 heavy (non-hydrogen) atoms. The van der Waals surface area contributed by atoms with E-state index >= 15 is 0 Å². The number of benzene rings is 3. The van der Waals surface area contributed by atoms with Crippen LogP contribution in [0.2, 0.25) is 0 Å². The van der Waals surface area contributed by atoms with Crippen LogP contribution < -0.4 is 0 Å². The number of hydrogen-bond acceptors (Lipinski definition) is 3. The lowest BCUT2D eigenvalue weighted by Crippen LogP contribution is -2.24. The van der Waals surface area contributed by atoms with Crippen LogP contribution in [-0.4, -0.2) is 5.75 Å². The summed E-state index contributed by atoms with van der Waals surface area (Å²) in [6, 6.07) is 33.0. The summed E-state index contributed by atoms with van der Waals surface area (Å²) in [7, 11) is 5.97. The molecule has 0 bridgehead atoms. The molecule has 0 aromatic heterocycles. The Morgan fingerprint density at radius 2 is 0.882 bits per heavy atom. The van der Waals surface area contributed by atoms with Gasteiger partial charge in [0.25, 0.3) is 0 Å². The molecule has 0 fully saturated rings. The smallest absolute Gasteiger partial charge is 0.0825 e. The topological polar surface area (TPSA) is 0 Å². The average molecular weight is 509 g/mol. The van der Waals surface area contributed by atoms with Gasteiger partial charge in [-0.1, -0.05) is 177 Å². The van der Waals surface area contributed by atoms with Gasteiger partial charge in [-0.15, -0.1) is 0 Å². The standard InChI is InChI=1S/C31H40S3/c1-2-3-4-5-6-7-8-9-10-20-27-32-34-33-31(28-21-14-11-15-22-28,29-23-16-12-17-24-29)30-25-18-13-19-26-30/h11-19,21-26H,2-10,20,27H2,1H3. The van der Waals surface area contributed by atoms with Crippen LogP contribution in [-0.2, 0) is 4.75 Å². The maximum Gasteiger partial charge on any atom is 0.102 e. The van der Waals surface area contributed by atoms with Crippen LogP contribution in [0.4, 0.5) is 0 Å². The fourth-order valence-corrected chi connectivity index (χ4v) is 9.50. The van der Waals surface area contributed by atoms with Crippen LogP contribution in [0.25, 0.3) is 0 Å². The monoisotopic (exact) mass is 508 g/mol. The van der Waals surface area contributed by atoms with Crippen LogP contribution >= 0.6 is 31.4 Å². The summed E-state index contributed by atoms with van der Waals surface area (Å²) >= 11 is 0. The molecule has 3 aromatic rings. The predicted octanol–water partition coefficient (Wildman–Crippen LogP) is 10.9. The molecule has 0 N–H and O–H groups in total. The van der Waals surface area contributed by atoms with Crippen molar-refractivity contribution in [1.29, 1.82) is 0 Å². The van der Waals surface area contributed by atoms with Crippen LogP contribution in [0.5, 0.6) is 0 Å². The van der Waals surface area contributed by atoms with Crippen molar-refractivity contribution in [1.82, 2.24) is 0 Å². The third kappa shape index (κ3) is 8.43. The molecule has 3 heteroatoms. The zero-order valence-electron chi connectivity index (χ0n) is 20.7. The van der Waals surface area contributed by atoms with Crippen molar-refractivity contribution in [3.8, 4) is 0 Å². The van der Waals surface area contributed by atoms with E-state index in [2.05, 4.69) is 97.9 Å². The van der Waals surface area contributed by atoms with E-state index < -0.39 is 0 Å². The van der Waals surface area contributed by atoms with Crippen LogP contribution in [0.1, 0.15) is 87.8 Å². The van der Waals surface area contributed by atoms with Crippen LogP contribution in [0, 0.1) is 0 Å². The molecule has 0 saturated carbocycles. The summed E-state index contributed by atoms with van der Waals surface area (Å²) in [5.41, 5.74) is 4.01. The van der Waals surface area contributed by atoms with Crippen molar-refractivity contribution in [3.63, 3.8) is 0 Å². The van der Waals surface area contributed by atoms with Gasteiger partial charge in [-0.25, -0.2) is 0 Å². The van der Waals surface area contributed by atoms with Gasteiger partial charge in [0, 0.05) is 5.75 Å². The summed E-state index contributed by atoms with van der Waals surface area (Å²) in [6.45, 7) is 2.29. The minimum Gasteiger partial charge on any atom is -0.0825 e. The van der Waals surface area contributed by atoms with Gasteiger partial charge in [-0.05, 0) is 32.9 Å². The molecule has 0 spiro atoms. The molecule has 0 aliphatic rings. The van der Waals surface area contributed by atoms with Gasteiger partial charge in [0.2, 0.25) is 0 Å². The first-order chi connectivity index (χ1) is 16.9. The maximum atomic E-state index is 2.29. The molecule has 0 heterocycles. The second-order valence-electron chi connectivity index (χ2n) is 8.93. The summed E-state index contributed by atoms with van der Waals surface area (Å²) in [4.78, 5) is 0. The summed E-state index contributed by atoms with van der Waals surface area (Å²) in [6.07, 6.45) is 14.0. The number of rotatable bonds is 17. The molecular formula is C31H40S3. The number of hydrogen-bond donors (Lipinski definition) is 0. The first-order valence-corrected chi connectivity index (χ1v) is 16.7. The Morgan fingerprint density at radius 3 is 1.29 bits per heavy atom. The molecule has 3 aromatic carbocycles. The molecule has 0 unspecified atom stereocenters. The highest BCUT2D eigenvalue weighted by Crippen LogP contribution is 2.56. The van der Waals surface area contributed by atoms with Crippen molar-refractivity contribution >= 4 is 31.4 Å². The molecule has 0 saturated heterocycles. The van der Waals surface area contributed by atoms with E-state index in [4.69, 9.17) is 0 Å². The zero-order chi connectivity index (χ0) is 23.7. The van der Waals surface area contributed by atoms with Crippen molar-refractivity contribution in [2.75, 3.05) is 5.75 Å². The Balaban J connectivity index is 1.54. The third-order valence-corrected chi connectivity index (χ3v) is 11.1. The molecule has 3 rings (SSSR count). The van der Waals surface area contributed by atoms with Crippen molar-refractivity contribution in [3.05, 3.63) is 108 Å². The maximum absolute atomic E-state index is 2.29. The Kier molecular flexibility index (Phi) is 13.2. The molecule has 0 amide bonds. The van der Waals surface area contributed by atoms with Gasteiger partial charge in [0.15, 0.2) is 0 Å². The lowest BCUT2D eigenvalue weighted by Gasteiger charge is -2.34. The zero-order valence-corrected chi connectivity index (χ0v) is 23.1. The Labute approximate surface area is 219 Å². The highest BCUT2D eigenvalue weighted by atomic mass is 33.5. The molecule has 182 valence electrons. The molecular weight excluding hydrogens is 469 g/mol. The fraction of sp³-hybridized carbons (Fsp3) is 0.419. The predicted molar refractivity (Wildman–Crippen MR) is 159 cm³/mol. The third-order valence-electron chi connectivity index (χ3n) is 6.33. The fourth-order valence-electron chi connectivity index (χ4n) is 4.42. The quantitative estimate of drug-likeness (QED) is 0.101. The highest BCUT2D eigenvalue weighted by molar-refractivity contribution is 9.09. The average Bonchev–Trinajstić information content (AvgIpc) is 2.91. The lowest BCUT2D eigenvalue weighted by molar-refractivity contribution is 0.563. The first kappa shape index (κ1) is 27.3. The van der Waals surface area contributed by atoms with Gasteiger partial charge in [-0.3, -0.25) is 0 Å². The van der Waals surface area contributed by atoms with E-state index in [0.717, 1.165) is 0 Å². The minimum absolute atomic E-state index is 0.223. The highest BCUT2D eigenvalue weighted by Gasteiger charge is 2.37. The summed E-state index contributed by atoms with van der Waals surface area (Å²) < 4.78 is -0.223. The van der Waals surface area contributed by atoms with Crippen molar-refractivity contribution in [2.24, 2.45) is 0 Å². The minimum atomic E-state index is -0.223. The Hall–Kier alpha value is -1.29. The molecule has 0 radical (unpaired) electrons. The van der Waals surface area contributed by atoms with Gasteiger partial charge in [0.05, 0.1) is 0 Å². The van der Waals surface area contributed by atoms with Crippen molar-refractivity contribution < 1.29 is 0 Å². The second-order valence-corrected chi connectivity index (χ2v) is 13.3. The first-order valence-electron chi connectivity index (χ1n) is 13.0. The number of unbranched alkanes of at least 4 members (excludes halogenated alkanes) is 9. The lowest BCUT2D eigenvalue weighted by atomic mass is 9.84. The summed E-state index contributed by atoms with van der Waals surface area (Å²) in [5, 5.41) is 0. The summed E-state index contributed by atoms with van der Waals surface area (Å²) in [5.74, 6) is 1.22.